The summed E-state index contributed by atoms with van der Waals surface area (Å²) in [5.41, 5.74) is 8.86. The molecule has 84 valence electrons. The quantitative estimate of drug-likeness (QED) is 0.675. The molecule has 0 atom stereocenters. The largest absolute Gasteiger partial charge is 0.397 e. The minimum atomic E-state index is 0.581. The molecule has 16 heavy (non-hydrogen) atoms. The number of anilines is 2. The monoisotopic (exact) mass is 216 g/mol. The van der Waals surface area contributed by atoms with Crippen LogP contribution in [0.3, 0.4) is 0 Å². The molecule has 0 unspecified atom stereocenters. The van der Waals surface area contributed by atoms with E-state index in [4.69, 9.17) is 5.73 Å². The van der Waals surface area contributed by atoms with Crippen LogP contribution >= 0.6 is 0 Å². The fourth-order valence-electron chi connectivity index (χ4n) is 2.37. The molecule has 0 amide bonds. The van der Waals surface area contributed by atoms with E-state index in [-0.39, 0.29) is 0 Å². The molecular formula is C12H16N4. The number of aromatic nitrogens is 2. The zero-order valence-corrected chi connectivity index (χ0v) is 9.33. The van der Waals surface area contributed by atoms with Gasteiger partial charge in [0.05, 0.1) is 23.1 Å². The minimum absolute atomic E-state index is 0.581. The Balaban J connectivity index is 1.87. The van der Waals surface area contributed by atoms with Gasteiger partial charge < -0.3 is 11.1 Å². The van der Waals surface area contributed by atoms with Gasteiger partial charge in [0.1, 0.15) is 0 Å². The Labute approximate surface area is 94.2 Å². The summed E-state index contributed by atoms with van der Waals surface area (Å²) in [6.45, 7) is 2.28. The van der Waals surface area contributed by atoms with Crippen LogP contribution in [0.1, 0.15) is 19.8 Å². The van der Waals surface area contributed by atoms with Crippen LogP contribution in [0.5, 0.6) is 0 Å². The molecule has 1 aliphatic rings. The Morgan fingerprint density at radius 3 is 3.00 bits per heavy atom. The average molecular weight is 216 g/mol. The van der Waals surface area contributed by atoms with E-state index in [0.717, 1.165) is 28.2 Å². The Morgan fingerprint density at radius 1 is 1.44 bits per heavy atom. The summed E-state index contributed by atoms with van der Waals surface area (Å²) in [7, 11) is 0. The molecule has 1 heterocycles. The molecule has 4 heteroatoms. The summed E-state index contributed by atoms with van der Waals surface area (Å²) in [4.78, 5) is 0. The number of fused-ring (bicyclic) bond motifs is 1. The topological polar surface area (TPSA) is 66.7 Å². The molecule has 2 aromatic rings. The Bertz CT molecular complexity index is 511. The molecule has 4 N–H and O–H groups in total. The summed E-state index contributed by atoms with van der Waals surface area (Å²) >= 11 is 0. The molecule has 3 rings (SSSR count). The maximum Gasteiger partial charge on any atom is 0.0672 e. The predicted octanol–water partition coefficient (Wildman–Crippen LogP) is 2.36. The number of nitrogens with one attached hydrogen (secondary N) is 2. The first kappa shape index (κ1) is 9.51. The van der Waals surface area contributed by atoms with Crippen molar-refractivity contribution in [3.05, 3.63) is 18.3 Å². The van der Waals surface area contributed by atoms with Crippen LogP contribution in [0, 0.1) is 5.92 Å². The standard InChI is InChI=1S/C12H16N4/c1-7-2-9(3-7)15-12-5-11-8(4-10(12)13)6-14-16-11/h4-7,9,15H,2-3,13H2,1H3,(H,14,16). The Morgan fingerprint density at radius 2 is 2.25 bits per heavy atom. The maximum absolute atomic E-state index is 6.00. The van der Waals surface area contributed by atoms with Crippen molar-refractivity contribution in [1.29, 1.82) is 0 Å². The van der Waals surface area contributed by atoms with Crippen LogP contribution in [0.25, 0.3) is 10.9 Å². The summed E-state index contributed by atoms with van der Waals surface area (Å²) in [6.07, 6.45) is 4.27. The number of hydrogen-bond acceptors (Lipinski definition) is 3. The van der Waals surface area contributed by atoms with Gasteiger partial charge in [-0.05, 0) is 30.9 Å². The highest BCUT2D eigenvalue weighted by Gasteiger charge is 2.25. The SMILES string of the molecule is CC1CC(Nc2cc3[nH]ncc3cc2N)C1. The van der Waals surface area contributed by atoms with E-state index in [1.165, 1.54) is 12.8 Å². The van der Waals surface area contributed by atoms with Gasteiger partial charge in [-0.1, -0.05) is 6.92 Å². The van der Waals surface area contributed by atoms with Gasteiger partial charge in [0.25, 0.3) is 0 Å². The predicted molar refractivity (Wildman–Crippen MR) is 66.3 cm³/mol. The van der Waals surface area contributed by atoms with Crippen LogP contribution in [-0.4, -0.2) is 16.2 Å². The molecule has 1 aromatic heterocycles. The average Bonchev–Trinajstić information content (AvgIpc) is 2.63. The zero-order chi connectivity index (χ0) is 11.1. The summed E-state index contributed by atoms with van der Waals surface area (Å²) in [5.74, 6) is 0.842. The van der Waals surface area contributed by atoms with Gasteiger partial charge in [0.2, 0.25) is 0 Å². The number of benzene rings is 1. The first-order valence-corrected chi connectivity index (χ1v) is 5.71. The molecule has 0 saturated heterocycles. The fourth-order valence-corrected chi connectivity index (χ4v) is 2.37. The molecule has 1 fully saturated rings. The molecule has 0 radical (unpaired) electrons. The normalized spacial score (nSPS) is 24.3. The number of nitrogens with two attached hydrogens (primary N) is 1. The summed E-state index contributed by atoms with van der Waals surface area (Å²) in [6, 6.07) is 4.59. The Hall–Kier alpha value is -1.71. The number of H-pyrrole nitrogens is 1. The highest BCUT2D eigenvalue weighted by Crippen LogP contribution is 2.32. The third-order valence-corrected chi connectivity index (χ3v) is 3.34. The lowest BCUT2D eigenvalue weighted by molar-refractivity contribution is 0.309. The lowest BCUT2D eigenvalue weighted by Crippen LogP contribution is -2.33. The Kier molecular flexibility index (Phi) is 2.02. The van der Waals surface area contributed by atoms with E-state index < -0.39 is 0 Å². The van der Waals surface area contributed by atoms with Crippen LogP contribution in [0.15, 0.2) is 18.3 Å². The van der Waals surface area contributed by atoms with Gasteiger partial charge in [-0.25, -0.2) is 0 Å². The highest BCUT2D eigenvalue weighted by atomic mass is 15.1. The summed E-state index contributed by atoms with van der Waals surface area (Å²) in [5, 5.41) is 11.5. The first-order chi connectivity index (χ1) is 7.72. The minimum Gasteiger partial charge on any atom is -0.397 e. The second kappa shape index (κ2) is 3.40. The molecule has 1 saturated carbocycles. The van der Waals surface area contributed by atoms with Crippen molar-refractivity contribution < 1.29 is 0 Å². The molecule has 0 bridgehead atoms. The lowest BCUT2D eigenvalue weighted by atomic mass is 9.82. The van der Waals surface area contributed by atoms with E-state index in [0.29, 0.717) is 6.04 Å². The molecule has 4 nitrogen and oxygen atoms in total. The molecular weight excluding hydrogens is 200 g/mol. The molecule has 1 aliphatic carbocycles. The lowest BCUT2D eigenvalue weighted by Gasteiger charge is -2.34. The molecule has 1 aromatic carbocycles. The molecule has 0 aliphatic heterocycles. The smallest absolute Gasteiger partial charge is 0.0672 e. The number of nitrogens with zero attached hydrogens (tertiary/aromatic N) is 1. The van der Waals surface area contributed by atoms with Crippen LogP contribution in [-0.2, 0) is 0 Å². The van der Waals surface area contributed by atoms with E-state index in [2.05, 4.69) is 22.4 Å². The van der Waals surface area contributed by atoms with Crippen molar-refractivity contribution in [2.24, 2.45) is 5.92 Å². The van der Waals surface area contributed by atoms with Crippen molar-refractivity contribution in [3.8, 4) is 0 Å². The van der Waals surface area contributed by atoms with Gasteiger partial charge >= 0.3 is 0 Å². The number of aromatic amines is 1. The zero-order valence-electron chi connectivity index (χ0n) is 9.33. The highest BCUT2D eigenvalue weighted by molar-refractivity contribution is 5.88. The maximum atomic E-state index is 6.00. The van der Waals surface area contributed by atoms with Crippen molar-refractivity contribution in [3.63, 3.8) is 0 Å². The van der Waals surface area contributed by atoms with Gasteiger partial charge in [0, 0.05) is 11.4 Å². The van der Waals surface area contributed by atoms with Crippen LogP contribution < -0.4 is 11.1 Å². The third kappa shape index (κ3) is 1.50. The summed E-state index contributed by atoms with van der Waals surface area (Å²) < 4.78 is 0. The number of rotatable bonds is 2. The van der Waals surface area contributed by atoms with E-state index in [1.54, 1.807) is 6.20 Å². The van der Waals surface area contributed by atoms with Gasteiger partial charge in [-0.2, -0.15) is 5.10 Å². The third-order valence-electron chi connectivity index (χ3n) is 3.34. The van der Waals surface area contributed by atoms with Gasteiger partial charge in [-0.15, -0.1) is 0 Å². The van der Waals surface area contributed by atoms with E-state index >= 15 is 0 Å². The van der Waals surface area contributed by atoms with Gasteiger partial charge in [-0.3, -0.25) is 5.10 Å². The van der Waals surface area contributed by atoms with Crippen molar-refractivity contribution in [2.45, 2.75) is 25.8 Å². The van der Waals surface area contributed by atoms with Crippen molar-refractivity contribution in [2.75, 3.05) is 11.1 Å². The van der Waals surface area contributed by atoms with E-state index in [9.17, 15) is 0 Å². The first-order valence-electron chi connectivity index (χ1n) is 5.71. The fraction of sp³-hybridized carbons (Fsp3) is 0.417. The second-order valence-corrected chi connectivity index (χ2v) is 4.81. The van der Waals surface area contributed by atoms with Crippen molar-refractivity contribution >= 4 is 22.3 Å². The van der Waals surface area contributed by atoms with E-state index in [1.807, 2.05) is 12.1 Å². The van der Waals surface area contributed by atoms with Gasteiger partial charge in [0.15, 0.2) is 0 Å². The van der Waals surface area contributed by atoms with Crippen molar-refractivity contribution in [1.82, 2.24) is 10.2 Å². The number of nitrogen functional groups attached to an aromatic ring is 1. The van der Waals surface area contributed by atoms with Crippen LogP contribution in [0.2, 0.25) is 0 Å². The van der Waals surface area contributed by atoms with Crippen LogP contribution in [0.4, 0.5) is 11.4 Å². The second-order valence-electron chi connectivity index (χ2n) is 4.81. The number of hydrogen-bond donors (Lipinski definition) is 3. The molecule has 0 spiro atoms.